The Hall–Kier alpha value is -1.63. The molecule has 0 spiro atoms. The quantitative estimate of drug-likeness (QED) is 0.853. The van der Waals surface area contributed by atoms with Crippen LogP contribution < -0.4 is 10.4 Å². The van der Waals surface area contributed by atoms with E-state index in [9.17, 15) is 9.50 Å². The Kier molecular flexibility index (Phi) is 3.84. The number of aliphatic hydroxyl groups excluding tert-OH is 1. The van der Waals surface area contributed by atoms with Crippen LogP contribution in [0.1, 0.15) is 5.56 Å². The van der Waals surface area contributed by atoms with Gasteiger partial charge in [-0.15, -0.1) is 0 Å². The zero-order valence-electron chi connectivity index (χ0n) is 10.6. The third kappa shape index (κ3) is 2.74. The second kappa shape index (κ2) is 5.63. The van der Waals surface area contributed by atoms with Gasteiger partial charge in [-0.05, 0) is 36.4 Å². The number of anilines is 1. The van der Waals surface area contributed by atoms with Crippen LogP contribution in [0.15, 0.2) is 51.9 Å². The highest BCUT2D eigenvalue weighted by molar-refractivity contribution is 9.10. The van der Waals surface area contributed by atoms with E-state index in [1.54, 1.807) is 18.2 Å². The Bertz CT molecular complexity index is 688. The summed E-state index contributed by atoms with van der Waals surface area (Å²) >= 11 is 9.34. The summed E-state index contributed by atoms with van der Waals surface area (Å²) in [6.07, 6.45) is -1.16. The van der Waals surface area contributed by atoms with Crippen LogP contribution in [0.25, 0.3) is 0 Å². The molecule has 1 aliphatic heterocycles. The summed E-state index contributed by atoms with van der Waals surface area (Å²) in [5.74, 6) is -0.313. The first-order valence-electron chi connectivity index (χ1n) is 6.08. The van der Waals surface area contributed by atoms with Crippen molar-refractivity contribution in [2.75, 3.05) is 5.01 Å². The van der Waals surface area contributed by atoms with Crippen LogP contribution in [0.5, 0.6) is 0 Å². The molecule has 4 nitrogen and oxygen atoms in total. The summed E-state index contributed by atoms with van der Waals surface area (Å²) in [7, 11) is 0. The van der Waals surface area contributed by atoms with E-state index in [4.69, 9.17) is 11.6 Å². The van der Waals surface area contributed by atoms with Crippen molar-refractivity contribution in [3.05, 3.63) is 63.3 Å². The molecule has 0 aliphatic carbocycles. The minimum atomic E-state index is -1.16. The number of aliphatic hydroxyl groups is 1. The number of hydrazine groups is 1. The summed E-state index contributed by atoms with van der Waals surface area (Å²) in [6.45, 7) is 0. The van der Waals surface area contributed by atoms with Crippen molar-refractivity contribution in [1.82, 2.24) is 5.43 Å². The standard InChI is InChI=1S/C14H10BrClFN3O/c15-8-4-6-9(7-5-8)20-14(21)18-13(19-20)12-10(16)2-1-3-11(12)17/h1-7,14,21H,(H,18,19). The van der Waals surface area contributed by atoms with Crippen LogP contribution in [0.4, 0.5) is 10.1 Å². The maximum Gasteiger partial charge on any atom is 0.245 e. The molecule has 2 aromatic rings. The third-order valence-corrected chi connectivity index (χ3v) is 3.85. The van der Waals surface area contributed by atoms with E-state index in [2.05, 4.69) is 26.3 Å². The fraction of sp³-hybridized carbons (Fsp3) is 0.0714. The van der Waals surface area contributed by atoms with Crippen molar-refractivity contribution < 1.29 is 9.50 Å². The van der Waals surface area contributed by atoms with Gasteiger partial charge in [-0.25, -0.2) is 14.4 Å². The molecule has 0 bridgehead atoms. The number of nitrogens with one attached hydrogen (secondary N) is 1. The fourth-order valence-electron chi connectivity index (χ4n) is 2.02. The molecule has 0 fully saturated rings. The van der Waals surface area contributed by atoms with E-state index in [1.165, 1.54) is 17.1 Å². The predicted octanol–water partition coefficient (Wildman–Crippen LogP) is 3.29. The second-order valence-corrected chi connectivity index (χ2v) is 5.70. The van der Waals surface area contributed by atoms with Crippen LogP contribution >= 0.6 is 27.5 Å². The van der Waals surface area contributed by atoms with Gasteiger partial charge in [0, 0.05) is 4.47 Å². The minimum absolute atomic E-state index is 0.137. The van der Waals surface area contributed by atoms with Gasteiger partial charge in [0.15, 0.2) is 5.84 Å². The van der Waals surface area contributed by atoms with Gasteiger partial charge in [0.1, 0.15) is 5.82 Å². The Morgan fingerprint density at radius 1 is 1.24 bits per heavy atom. The molecule has 7 heteroatoms. The zero-order valence-corrected chi connectivity index (χ0v) is 12.9. The molecule has 1 aliphatic rings. The van der Waals surface area contributed by atoms with Crippen LogP contribution in [0.2, 0.25) is 5.02 Å². The Morgan fingerprint density at radius 3 is 2.62 bits per heavy atom. The van der Waals surface area contributed by atoms with Gasteiger partial charge < -0.3 is 5.11 Å². The molecule has 0 radical (unpaired) electrons. The van der Waals surface area contributed by atoms with E-state index in [-0.39, 0.29) is 16.4 Å². The SMILES string of the molecule is OC1N=C(c2c(F)cccc2Cl)NN1c1ccc(Br)cc1. The van der Waals surface area contributed by atoms with E-state index >= 15 is 0 Å². The lowest BCUT2D eigenvalue weighted by Gasteiger charge is -2.21. The fourth-order valence-corrected chi connectivity index (χ4v) is 2.53. The van der Waals surface area contributed by atoms with E-state index < -0.39 is 12.2 Å². The number of nitrogens with zero attached hydrogens (tertiary/aromatic N) is 2. The molecule has 108 valence electrons. The smallest absolute Gasteiger partial charge is 0.245 e. The minimum Gasteiger partial charge on any atom is -0.354 e. The third-order valence-electron chi connectivity index (χ3n) is 3.01. The van der Waals surface area contributed by atoms with Gasteiger partial charge in [0.05, 0.1) is 16.3 Å². The van der Waals surface area contributed by atoms with Crippen LogP contribution in [0, 0.1) is 5.82 Å². The highest BCUT2D eigenvalue weighted by atomic mass is 79.9. The lowest BCUT2D eigenvalue weighted by molar-refractivity contribution is 0.183. The molecular weight excluding hydrogens is 361 g/mol. The molecule has 0 saturated carbocycles. The van der Waals surface area contributed by atoms with Gasteiger partial charge in [-0.2, -0.15) is 0 Å². The zero-order chi connectivity index (χ0) is 15.0. The highest BCUT2D eigenvalue weighted by Gasteiger charge is 2.27. The molecule has 0 aromatic heterocycles. The molecule has 0 amide bonds. The van der Waals surface area contributed by atoms with E-state index in [0.29, 0.717) is 5.69 Å². The average molecular weight is 371 g/mol. The lowest BCUT2D eigenvalue weighted by atomic mass is 10.2. The molecule has 21 heavy (non-hydrogen) atoms. The summed E-state index contributed by atoms with van der Waals surface area (Å²) in [5, 5.41) is 11.7. The van der Waals surface area contributed by atoms with Crippen LogP contribution in [0.3, 0.4) is 0 Å². The first-order chi connectivity index (χ1) is 10.1. The summed E-state index contributed by atoms with van der Waals surface area (Å²) in [4.78, 5) is 4.01. The molecule has 0 saturated heterocycles. The first kappa shape index (κ1) is 14.3. The van der Waals surface area contributed by atoms with Crippen molar-refractivity contribution in [2.24, 2.45) is 4.99 Å². The molecule has 2 N–H and O–H groups in total. The maximum atomic E-state index is 13.9. The number of rotatable bonds is 2. The van der Waals surface area contributed by atoms with Gasteiger partial charge in [-0.1, -0.05) is 33.6 Å². The Morgan fingerprint density at radius 2 is 1.95 bits per heavy atom. The Balaban J connectivity index is 1.92. The number of aliphatic imine (C=N–C) groups is 1. The molecule has 1 atom stereocenters. The molecule has 1 unspecified atom stereocenters. The summed E-state index contributed by atoms with van der Waals surface area (Å²) < 4.78 is 14.8. The average Bonchev–Trinajstić information content (AvgIpc) is 2.81. The number of halogens is 3. The monoisotopic (exact) mass is 369 g/mol. The van der Waals surface area contributed by atoms with Crippen molar-refractivity contribution in [3.63, 3.8) is 0 Å². The van der Waals surface area contributed by atoms with Crippen molar-refractivity contribution in [1.29, 1.82) is 0 Å². The van der Waals surface area contributed by atoms with Gasteiger partial charge in [0.25, 0.3) is 0 Å². The number of hydrogen-bond donors (Lipinski definition) is 2. The normalized spacial score (nSPS) is 17.6. The number of hydrogen-bond acceptors (Lipinski definition) is 4. The van der Waals surface area contributed by atoms with Crippen molar-refractivity contribution in [3.8, 4) is 0 Å². The first-order valence-corrected chi connectivity index (χ1v) is 7.25. The van der Waals surface area contributed by atoms with Crippen LogP contribution in [-0.4, -0.2) is 17.3 Å². The largest absolute Gasteiger partial charge is 0.354 e. The number of amidine groups is 1. The Labute approximate surface area is 134 Å². The number of benzene rings is 2. The van der Waals surface area contributed by atoms with Crippen molar-refractivity contribution >= 4 is 39.1 Å². The molecule has 2 aromatic carbocycles. The predicted molar refractivity (Wildman–Crippen MR) is 83.7 cm³/mol. The maximum absolute atomic E-state index is 13.9. The lowest BCUT2D eigenvalue weighted by Crippen LogP contribution is -2.41. The topological polar surface area (TPSA) is 47.9 Å². The van der Waals surface area contributed by atoms with E-state index in [0.717, 1.165) is 4.47 Å². The van der Waals surface area contributed by atoms with Crippen molar-refractivity contribution in [2.45, 2.75) is 6.35 Å². The van der Waals surface area contributed by atoms with Crippen LogP contribution in [-0.2, 0) is 0 Å². The summed E-state index contributed by atoms with van der Waals surface area (Å²) in [6, 6.07) is 11.6. The highest BCUT2D eigenvalue weighted by Crippen LogP contribution is 2.25. The molecular formula is C14H10BrClFN3O. The second-order valence-electron chi connectivity index (χ2n) is 4.38. The van der Waals surface area contributed by atoms with Gasteiger partial charge in [-0.3, -0.25) is 5.43 Å². The molecule has 1 heterocycles. The van der Waals surface area contributed by atoms with Gasteiger partial charge in [0.2, 0.25) is 6.35 Å². The van der Waals surface area contributed by atoms with E-state index in [1.807, 2.05) is 12.1 Å². The molecule has 3 rings (SSSR count). The van der Waals surface area contributed by atoms with Gasteiger partial charge >= 0.3 is 0 Å². The summed E-state index contributed by atoms with van der Waals surface area (Å²) in [5.41, 5.74) is 3.70.